The van der Waals surface area contributed by atoms with Crippen LogP contribution in [-0.2, 0) is 0 Å². The van der Waals surface area contributed by atoms with Crippen LogP contribution in [0.1, 0.15) is 20.8 Å². The Hall–Kier alpha value is -0.280. The van der Waals surface area contributed by atoms with Crippen molar-refractivity contribution in [3.8, 4) is 0 Å². The number of halogens is 3. The third-order valence-electron chi connectivity index (χ3n) is 1.38. The molecule has 0 fully saturated rings. The fourth-order valence-corrected chi connectivity index (χ4v) is 2.09. The molecule has 0 aromatic heterocycles. The van der Waals surface area contributed by atoms with Gasteiger partial charge in [-0.3, -0.25) is 0 Å². The Labute approximate surface area is 91.6 Å². The van der Waals surface area contributed by atoms with Crippen LogP contribution >= 0.6 is 23.4 Å². The van der Waals surface area contributed by atoms with E-state index in [2.05, 4.69) is 0 Å². The molecule has 1 rings (SSSR count). The molecular formula is C10H11ClF2S. The van der Waals surface area contributed by atoms with Gasteiger partial charge in [0.25, 0.3) is 0 Å². The molecule has 0 N–H and O–H groups in total. The lowest BCUT2D eigenvalue weighted by Crippen LogP contribution is -2.06. The lowest BCUT2D eigenvalue weighted by molar-refractivity contribution is 0.578. The van der Waals surface area contributed by atoms with E-state index < -0.39 is 16.7 Å². The fourth-order valence-electron chi connectivity index (χ4n) is 0.945. The molecule has 0 bridgehead atoms. The summed E-state index contributed by atoms with van der Waals surface area (Å²) in [5.74, 6) is -1.42. The third-order valence-corrected chi connectivity index (χ3v) is 2.83. The van der Waals surface area contributed by atoms with Gasteiger partial charge in [0.1, 0.15) is 16.7 Å². The molecule has 4 heteroatoms. The summed E-state index contributed by atoms with van der Waals surface area (Å²) in [4.78, 5) is 0.553. The summed E-state index contributed by atoms with van der Waals surface area (Å²) in [6.07, 6.45) is 0. The van der Waals surface area contributed by atoms with Crippen LogP contribution in [0.2, 0.25) is 5.02 Å². The van der Waals surface area contributed by atoms with Crippen LogP contribution < -0.4 is 0 Å². The van der Waals surface area contributed by atoms with E-state index >= 15 is 0 Å². The van der Waals surface area contributed by atoms with Gasteiger partial charge < -0.3 is 0 Å². The normalized spacial score (nSPS) is 11.9. The van der Waals surface area contributed by atoms with Gasteiger partial charge in [0.2, 0.25) is 0 Å². The van der Waals surface area contributed by atoms with Crippen LogP contribution in [0.25, 0.3) is 0 Å². The molecule has 0 radical (unpaired) electrons. The average molecular weight is 237 g/mol. The van der Waals surface area contributed by atoms with E-state index in [0.717, 1.165) is 0 Å². The monoisotopic (exact) mass is 236 g/mol. The molecule has 0 saturated heterocycles. The van der Waals surface area contributed by atoms with Crippen molar-refractivity contribution in [3.63, 3.8) is 0 Å². The minimum absolute atomic E-state index is 0.0767. The highest BCUT2D eigenvalue weighted by Gasteiger charge is 2.15. The first kappa shape index (κ1) is 11.8. The first-order valence-electron chi connectivity index (χ1n) is 4.13. The van der Waals surface area contributed by atoms with E-state index in [9.17, 15) is 8.78 Å². The first-order chi connectivity index (χ1) is 6.29. The number of thioether (sulfide) groups is 1. The SMILES string of the molecule is CC(C)(C)Sc1cc(F)c(Cl)c(F)c1. The van der Waals surface area contributed by atoms with Crippen molar-refractivity contribution >= 4 is 23.4 Å². The number of hydrogen-bond donors (Lipinski definition) is 0. The molecule has 0 nitrogen and oxygen atoms in total. The van der Waals surface area contributed by atoms with Crippen molar-refractivity contribution in [2.75, 3.05) is 0 Å². The number of rotatable bonds is 1. The van der Waals surface area contributed by atoms with E-state index in [0.29, 0.717) is 4.90 Å². The van der Waals surface area contributed by atoms with Gasteiger partial charge in [-0.15, -0.1) is 11.8 Å². The molecule has 78 valence electrons. The van der Waals surface area contributed by atoms with E-state index in [1.165, 1.54) is 23.9 Å². The minimum atomic E-state index is -0.710. The Morgan fingerprint density at radius 3 is 1.93 bits per heavy atom. The van der Waals surface area contributed by atoms with Crippen molar-refractivity contribution in [1.82, 2.24) is 0 Å². The molecule has 0 aliphatic rings. The molecule has 1 aromatic rings. The second-order valence-electron chi connectivity index (χ2n) is 3.92. The third kappa shape index (κ3) is 3.14. The van der Waals surface area contributed by atoms with Crippen molar-refractivity contribution < 1.29 is 8.78 Å². The van der Waals surface area contributed by atoms with Gasteiger partial charge in [-0.1, -0.05) is 32.4 Å². The maximum atomic E-state index is 13.0. The minimum Gasteiger partial charge on any atom is -0.205 e. The topological polar surface area (TPSA) is 0 Å². The summed E-state index contributed by atoms with van der Waals surface area (Å²) in [7, 11) is 0. The van der Waals surface area contributed by atoms with E-state index in [1.807, 2.05) is 20.8 Å². The van der Waals surface area contributed by atoms with Crippen molar-refractivity contribution in [3.05, 3.63) is 28.8 Å². The molecule has 0 aliphatic carbocycles. The molecule has 0 spiro atoms. The molecule has 0 unspecified atom stereocenters. The van der Waals surface area contributed by atoms with Gasteiger partial charge in [0.05, 0.1) is 0 Å². The Morgan fingerprint density at radius 1 is 1.14 bits per heavy atom. The highest BCUT2D eigenvalue weighted by molar-refractivity contribution is 8.00. The van der Waals surface area contributed by atoms with E-state index in [1.54, 1.807) is 0 Å². The van der Waals surface area contributed by atoms with Gasteiger partial charge in [-0.2, -0.15) is 0 Å². The smallest absolute Gasteiger partial charge is 0.145 e. The predicted molar refractivity (Wildman–Crippen MR) is 57.0 cm³/mol. The second kappa shape index (κ2) is 4.07. The summed E-state index contributed by atoms with van der Waals surface area (Å²) in [6.45, 7) is 5.92. The molecule has 14 heavy (non-hydrogen) atoms. The predicted octanol–water partition coefficient (Wildman–Crippen LogP) is 4.51. The molecule has 0 amide bonds. The Bertz CT molecular complexity index is 321. The van der Waals surface area contributed by atoms with Crippen LogP contribution in [0.5, 0.6) is 0 Å². The second-order valence-corrected chi connectivity index (χ2v) is 6.19. The molecule has 0 heterocycles. The number of hydrogen-bond acceptors (Lipinski definition) is 1. The zero-order chi connectivity index (χ0) is 10.9. The summed E-state index contributed by atoms with van der Waals surface area (Å²) in [6, 6.07) is 2.50. The van der Waals surface area contributed by atoms with E-state index in [4.69, 9.17) is 11.6 Å². The summed E-state index contributed by atoms with van der Waals surface area (Å²) >= 11 is 6.76. The van der Waals surface area contributed by atoms with Gasteiger partial charge in [0, 0.05) is 9.64 Å². The van der Waals surface area contributed by atoms with Crippen LogP contribution in [0.4, 0.5) is 8.78 Å². The maximum Gasteiger partial charge on any atom is 0.145 e. The van der Waals surface area contributed by atoms with Crippen LogP contribution in [0.15, 0.2) is 17.0 Å². The van der Waals surface area contributed by atoms with Gasteiger partial charge in [-0.25, -0.2) is 8.78 Å². The Morgan fingerprint density at radius 2 is 1.57 bits per heavy atom. The summed E-state index contributed by atoms with van der Waals surface area (Å²) < 4.78 is 26.0. The van der Waals surface area contributed by atoms with E-state index in [-0.39, 0.29) is 4.75 Å². The standard InChI is InChI=1S/C10H11ClF2S/c1-10(2,3)14-6-4-7(12)9(11)8(13)5-6/h4-5H,1-3H3. The van der Waals surface area contributed by atoms with Crippen LogP contribution in [-0.4, -0.2) is 4.75 Å². The summed E-state index contributed by atoms with van der Waals surface area (Å²) in [5, 5.41) is -0.441. The average Bonchev–Trinajstić information content (AvgIpc) is 1.96. The Kier molecular flexibility index (Phi) is 3.43. The maximum absolute atomic E-state index is 13.0. The first-order valence-corrected chi connectivity index (χ1v) is 5.32. The Balaban J connectivity index is 3.02. The quantitative estimate of drug-likeness (QED) is 0.511. The zero-order valence-corrected chi connectivity index (χ0v) is 9.77. The molecule has 1 aromatic carbocycles. The molecule has 0 saturated carbocycles. The zero-order valence-electron chi connectivity index (χ0n) is 8.20. The van der Waals surface area contributed by atoms with Crippen molar-refractivity contribution in [2.24, 2.45) is 0 Å². The lowest BCUT2D eigenvalue weighted by atomic mass is 10.3. The lowest BCUT2D eigenvalue weighted by Gasteiger charge is -2.17. The summed E-state index contributed by atoms with van der Waals surface area (Å²) in [5.41, 5.74) is 0. The number of benzene rings is 1. The molecular weight excluding hydrogens is 226 g/mol. The van der Waals surface area contributed by atoms with Crippen molar-refractivity contribution in [1.29, 1.82) is 0 Å². The van der Waals surface area contributed by atoms with Crippen LogP contribution in [0.3, 0.4) is 0 Å². The van der Waals surface area contributed by atoms with Crippen LogP contribution in [0, 0.1) is 11.6 Å². The highest BCUT2D eigenvalue weighted by atomic mass is 35.5. The fraction of sp³-hybridized carbons (Fsp3) is 0.400. The van der Waals surface area contributed by atoms with Gasteiger partial charge >= 0.3 is 0 Å². The highest BCUT2D eigenvalue weighted by Crippen LogP contribution is 2.34. The molecule has 0 atom stereocenters. The van der Waals surface area contributed by atoms with Crippen molar-refractivity contribution in [2.45, 2.75) is 30.4 Å². The molecule has 0 aliphatic heterocycles. The van der Waals surface area contributed by atoms with Gasteiger partial charge in [-0.05, 0) is 12.1 Å². The van der Waals surface area contributed by atoms with Gasteiger partial charge in [0.15, 0.2) is 0 Å². The largest absolute Gasteiger partial charge is 0.205 e.